The Kier molecular flexibility index (Phi) is 6.06. The van der Waals surface area contributed by atoms with Crippen molar-refractivity contribution in [3.05, 3.63) is 52.7 Å². The van der Waals surface area contributed by atoms with E-state index in [1.165, 1.54) is 11.3 Å². The average Bonchev–Trinajstić information content (AvgIpc) is 3.06. The van der Waals surface area contributed by atoms with Gasteiger partial charge in [0.2, 0.25) is 5.91 Å². The summed E-state index contributed by atoms with van der Waals surface area (Å²) >= 11 is 1.46. The average molecular weight is 358 g/mol. The molecule has 0 atom stereocenters. The fourth-order valence-electron chi connectivity index (χ4n) is 2.86. The van der Waals surface area contributed by atoms with Gasteiger partial charge in [-0.1, -0.05) is 24.3 Å². The summed E-state index contributed by atoms with van der Waals surface area (Å²) in [4.78, 5) is 29.3. The Morgan fingerprint density at radius 1 is 0.960 bits per heavy atom. The lowest BCUT2D eigenvalue weighted by atomic mass is 10.3. The molecule has 1 fully saturated rings. The van der Waals surface area contributed by atoms with Crippen LogP contribution in [0.15, 0.2) is 47.8 Å². The van der Waals surface area contributed by atoms with Gasteiger partial charge in [-0.25, -0.2) is 0 Å². The summed E-state index contributed by atoms with van der Waals surface area (Å²) in [5.74, 6) is 0.928. The molecule has 1 aromatic heterocycles. The number of rotatable bonds is 5. The lowest BCUT2D eigenvalue weighted by Gasteiger charge is -2.22. The van der Waals surface area contributed by atoms with Crippen LogP contribution < -0.4 is 4.74 Å². The molecule has 5 nitrogen and oxygen atoms in total. The van der Waals surface area contributed by atoms with E-state index in [1.807, 2.05) is 57.6 Å². The molecule has 0 bridgehead atoms. The summed E-state index contributed by atoms with van der Waals surface area (Å²) in [5.41, 5.74) is 0. The summed E-state index contributed by atoms with van der Waals surface area (Å²) in [5, 5.41) is 1.91. The van der Waals surface area contributed by atoms with Crippen molar-refractivity contribution < 1.29 is 14.3 Å². The molecule has 2 amide bonds. The number of nitrogens with zero attached hydrogens (tertiary/aromatic N) is 2. The van der Waals surface area contributed by atoms with Crippen LogP contribution in [0.4, 0.5) is 0 Å². The fourth-order valence-corrected chi connectivity index (χ4v) is 3.55. The van der Waals surface area contributed by atoms with E-state index in [0.717, 1.165) is 17.0 Å². The maximum Gasteiger partial charge on any atom is 0.263 e. The number of amides is 2. The first-order chi connectivity index (χ1) is 12.2. The Bertz CT molecular complexity index is 688. The third kappa shape index (κ3) is 4.82. The quantitative estimate of drug-likeness (QED) is 0.826. The van der Waals surface area contributed by atoms with Crippen LogP contribution in [0.5, 0.6) is 5.75 Å². The number of hydrogen-bond acceptors (Lipinski definition) is 4. The number of thiophene rings is 1. The summed E-state index contributed by atoms with van der Waals surface area (Å²) in [7, 11) is 0. The van der Waals surface area contributed by atoms with Gasteiger partial charge in [0.25, 0.3) is 5.91 Å². The summed E-state index contributed by atoms with van der Waals surface area (Å²) < 4.78 is 5.60. The lowest BCUT2D eigenvalue weighted by molar-refractivity contribution is -0.131. The summed E-state index contributed by atoms with van der Waals surface area (Å²) in [6, 6.07) is 13.2. The van der Waals surface area contributed by atoms with Crippen molar-refractivity contribution in [2.24, 2.45) is 0 Å². The van der Waals surface area contributed by atoms with E-state index in [2.05, 4.69) is 0 Å². The van der Waals surface area contributed by atoms with Crippen LogP contribution in [0.25, 0.3) is 0 Å². The first-order valence-electron chi connectivity index (χ1n) is 8.52. The Labute approximate surface area is 151 Å². The third-order valence-corrected chi connectivity index (χ3v) is 5.05. The van der Waals surface area contributed by atoms with E-state index < -0.39 is 0 Å². The minimum atomic E-state index is 0.0664. The van der Waals surface area contributed by atoms with Gasteiger partial charge in [-0.3, -0.25) is 9.59 Å². The number of hydrogen-bond donors (Lipinski definition) is 0. The van der Waals surface area contributed by atoms with Gasteiger partial charge in [0, 0.05) is 26.2 Å². The van der Waals surface area contributed by atoms with Crippen molar-refractivity contribution in [2.75, 3.05) is 32.8 Å². The van der Waals surface area contributed by atoms with Crippen molar-refractivity contribution in [3.8, 4) is 5.75 Å². The molecular formula is C19H22N2O3S. The van der Waals surface area contributed by atoms with Crippen LogP contribution in [0.3, 0.4) is 0 Å². The minimum absolute atomic E-state index is 0.0664. The smallest absolute Gasteiger partial charge is 0.263 e. The van der Waals surface area contributed by atoms with Crippen LogP contribution in [-0.4, -0.2) is 54.4 Å². The standard InChI is InChI=1S/C19H22N2O3S/c22-18(9-14-24-16-6-2-1-3-7-16)20-10-5-11-21(13-12-20)19(23)17-8-4-15-25-17/h1-4,6-8,15H,5,9-14H2. The summed E-state index contributed by atoms with van der Waals surface area (Å²) in [6.07, 6.45) is 1.16. The predicted octanol–water partition coefficient (Wildman–Crippen LogP) is 2.89. The second-order valence-corrected chi connectivity index (χ2v) is 6.86. The Hall–Kier alpha value is -2.34. The summed E-state index contributed by atoms with van der Waals surface area (Å²) in [6.45, 7) is 2.93. The predicted molar refractivity (Wildman–Crippen MR) is 98.0 cm³/mol. The Morgan fingerprint density at radius 2 is 1.72 bits per heavy atom. The normalized spacial score (nSPS) is 14.9. The first-order valence-corrected chi connectivity index (χ1v) is 9.40. The number of benzene rings is 1. The van der Waals surface area contributed by atoms with Gasteiger partial charge >= 0.3 is 0 Å². The van der Waals surface area contributed by atoms with Gasteiger partial charge in [0.15, 0.2) is 0 Å². The molecule has 0 radical (unpaired) electrons. The largest absolute Gasteiger partial charge is 0.493 e. The van der Waals surface area contributed by atoms with Gasteiger partial charge in [-0.2, -0.15) is 0 Å². The molecule has 1 aromatic carbocycles. The highest BCUT2D eigenvalue weighted by atomic mass is 32.1. The van der Waals surface area contributed by atoms with Crippen LogP contribution in [0.2, 0.25) is 0 Å². The van der Waals surface area contributed by atoms with Crippen molar-refractivity contribution >= 4 is 23.2 Å². The first kappa shape index (κ1) is 17.5. The van der Waals surface area contributed by atoms with Crippen molar-refractivity contribution in [1.82, 2.24) is 9.80 Å². The van der Waals surface area contributed by atoms with Crippen LogP contribution in [0, 0.1) is 0 Å². The van der Waals surface area contributed by atoms with E-state index in [1.54, 1.807) is 0 Å². The fraction of sp³-hybridized carbons (Fsp3) is 0.368. The van der Waals surface area contributed by atoms with E-state index in [-0.39, 0.29) is 11.8 Å². The second kappa shape index (κ2) is 8.67. The number of carbonyl (C=O) groups is 2. The van der Waals surface area contributed by atoms with Gasteiger partial charge < -0.3 is 14.5 Å². The topological polar surface area (TPSA) is 49.9 Å². The molecule has 0 N–H and O–H groups in total. The monoisotopic (exact) mass is 358 g/mol. The maximum atomic E-state index is 12.4. The van der Waals surface area contributed by atoms with Crippen LogP contribution in [-0.2, 0) is 4.79 Å². The molecule has 1 saturated heterocycles. The second-order valence-electron chi connectivity index (χ2n) is 5.92. The van der Waals surface area contributed by atoms with Gasteiger partial charge in [-0.15, -0.1) is 11.3 Å². The number of ether oxygens (including phenoxy) is 1. The van der Waals surface area contributed by atoms with E-state index in [0.29, 0.717) is 39.2 Å². The molecule has 0 aliphatic carbocycles. The molecule has 25 heavy (non-hydrogen) atoms. The molecule has 2 heterocycles. The number of para-hydroxylation sites is 1. The van der Waals surface area contributed by atoms with Gasteiger partial charge in [0.05, 0.1) is 17.9 Å². The molecular weight excluding hydrogens is 336 g/mol. The molecule has 2 aromatic rings. The molecule has 0 saturated carbocycles. The minimum Gasteiger partial charge on any atom is -0.493 e. The van der Waals surface area contributed by atoms with E-state index in [9.17, 15) is 9.59 Å². The zero-order valence-corrected chi connectivity index (χ0v) is 14.9. The zero-order valence-electron chi connectivity index (χ0n) is 14.1. The molecule has 1 aliphatic heterocycles. The molecule has 1 aliphatic rings. The molecule has 0 spiro atoms. The molecule has 132 valence electrons. The lowest BCUT2D eigenvalue weighted by Crippen LogP contribution is -2.37. The SMILES string of the molecule is O=C(CCOc1ccccc1)N1CCCN(C(=O)c2cccs2)CC1. The number of carbonyl (C=O) groups excluding carboxylic acids is 2. The third-order valence-electron chi connectivity index (χ3n) is 4.20. The Morgan fingerprint density at radius 3 is 2.48 bits per heavy atom. The maximum absolute atomic E-state index is 12.4. The van der Waals surface area contributed by atoms with Crippen molar-refractivity contribution in [2.45, 2.75) is 12.8 Å². The molecule has 3 rings (SSSR count). The molecule has 6 heteroatoms. The van der Waals surface area contributed by atoms with E-state index in [4.69, 9.17) is 4.74 Å². The van der Waals surface area contributed by atoms with Gasteiger partial charge in [-0.05, 0) is 30.0 Å². The zero-order chi connectivity index (χ0) is 17.5. The highest BCUT2D eigenvalue weighted by molar-refractivity contribution is 7.12. The van der Waals surface area contributed by atoms with E-state index >= 15 is 0 Å². The Balaban J connectivity index is 1.45. The van der Waals surface area contributed by atoms with Crippen LogP contribution >= 0.6 is 11.3 Å². The van der Waals surface area contributed by atoms with Crippen molar-refractivity contribution in [1.29, 1.82) is 0 Å². The van der Waals surface area contributed by atoms with Gasteiger partial charge in [0.1, 0.15) is 5.75 Å². The molecule has 0 unspecified atom stereocenters. The van der Waals surface area contributed by atoms with Crippen molar-refractivity contribution in [3.63, 3.8) is 0 Å². The van der Waals surface area contributed by atoms with Crippen LogP contribution in [0.1, 0.15) is 22.5 Å². The highest BCUT2D eigenvalue weighted by Crippen LogP contribution is 2.14. The highest BCUT2D eigenvalue weighted by Gasteiger charge is 2.23.